The van der Waals surface area contributed by atoms with Gasteiger partial charge in [-0.15, -0.1) is 0 Å². The summed E-state index contributed by atoms with van der Waals surface area (Å²) < 4.78 is 14.3. The van der Waals surface area contributed by atoms with E-state index in [2.05, 4.69) is 59.2 Å². The summed E-state index contributed by atoms with van der Waals surface area (Å²) in [7, 11) is 0. The van der Waals surface area contributed by atoms with Crippen LogP contribution < -0.4 is 5.63 Å². The normalized spacial score (nSPS) is 11.8. The molecule has 0 fully saturated rings. The van der Waals surface area contributed by atoms with Crippen molar-refractivity contribution in [2.24, 2.45) is 0 Å². The molecule has 0 spiro atoms. The van der Waals surface area contributed by atoms with Crippen LogP contribution >= 0.6 is 0 Å². The summed E-state index contributed by atoms with van der Waals surface area (Å²) in [6.07, 6.45) is 0. The summed E-state index contributed by atoms with van der Waals surface area (Å²) in [4.78, 5) is 28.8. The monoisotopic (exact) mass is 758 g/mol. The molecule has 0 N–H and O–H groups in total. The molecule has 0 bridgehead atoms. The van der Waals surface area contributed by atoms with Crippen molar-refractivity contribution in [2.45, 2.75) is 0 Å². The highest BCUT2D eigenvalue weighted by atomic mass is 16.4. The minimum Gasteiger partial charge on any atom is -0.456 e. The fourth-order valence-electron chi connectivity index (χ4n) is 8.56. The Balaban J connectivity index is 0.980. The van der Waals surface area contributed by atoms with E-state index in [0.717, 1.165) is 87.9 Å². The van der Waals surface area contributed by atoms with Gasteiger partial charge >= 0.3 is 5.63 Å². The van der Waals surface area contributed by atoms with Crippen molar-refractivity contribution < 1.29 is 8.83 Å². The molecule has 0 unspecified atom stereocenters. The topological polar surface area (TPSA) is 87.0 Å². The highest BCUT2D eigenvalue weighted by Crippen LogP contribution is 2.39. The van der Waals surface area contributed by atoms with Crippen molar-refractivity contribution in [3.63, 3.8) is 0 Å². The average Bonchev–Trinajstić information content (AvgIpc) is 3.85. The SMILES string of the molecule is O=c1oc2cc(-c3cccc4oc5ccccc5c34)ccc2c2ccc(-c3ccc4c(c3)c3ccccc3n4-c3nc(-c4ccccc4)nc(-c4ccccc4)n3)cc12. The van der Waals surface area contributed by atoms with Crippen LogP contribution in [0, 0.1) is 0 Å². The van der Waals surface area contributed by atoms with E-state index >= 15 is 0 Å². The van der Waals surface area contributed by atoms with Crippen LogP contribution in [0.25, 0.3) is 116 Å². The van der Waals surface area contributed by atoms with Gasteiger partial charge in [0, 0.05) is 38.1 Å². The Kier molecular flexibility index (Phi) is 7.24. The van der Waals surface area contributed by atoms with Crippen LogP contribution in [0.5, 0.6) is 0 Å². The first-order valence-electron chi connectivity index (χ1n) is 19.5. The smallest absolute Gasteiger partial charge is 0.344 e. The fourth-order valence-corrected chi connectivity index (χ4v) is 8.56. The van der Waals surface area contributed by atoms with Gasteiger partial charge in [-0.1, -0.05) is 133 Å². The van der Waals surface area contributed by atoms with Crippen LogP contribution in [0.15, 0.2) is 196 Å². The molecule has 0 atom stereocenters. The molecule has 0 amide bonds. The van der Waals surface area contributed by atoms with Gasteiger partial charge in [-0.3, -0.25) is 4.57 Å². The lowest BCUT2D eigenvalue weighted by Gasteiger charge is -2.11. The van der Waals surface area contributed by atoms with Crippen molar-refractivity contribution in [1.82, 2.24) is 19.5 Å². The molecule has 4 heterocycles. The molecule has 12 aromatic rings. The summed E-state index contributed by atoms with van der Waals surface area (Å²) in [5.74, 6) is 1.73. The van der Waals surface area contributed by atoms with Crippen molar-refractivity contribution in [2.75, 3.05) is 0 Å². The molecule has 0 aliphatic rings. The molecule has 7 heteroatoms. The van der Waals surface area contributed by atoms with Crippen molar-refractivity contribution in [3.8, 4) is 51.0 Å². The van der Waals surface area contributed by atoms with Gasteiger partial charge in [0.1, 0.15) is 16.7 Å². The van der Waals surface area contributed by atoms with Crippen LogP contribution in [-0.4, -0.2) is 19.5 Å². The Morgan fingerprint density at radius 1 is 0.373 bits per heavy atom. The number of para-hydroxylation sites is 2. The lowest BCUT2D eigenvalue weighted by Crippen LogP contribution is -2.06. The fraction of sp³-hybridized carbons (Fsp3) is 0. The zero-order valence-electron chi connectivity index (χ0n) is 31.3. The van der Waals surface area contributed by atoms with Gasteiger partial charge in [0.05, 0.1) is 16.4 Å². The first-order chi connectivity index (χ1) is 29.1. The summed E-state index contributed by atoms with van der Waals surface area (Å²) >= 11 is 0. The van der Waals surface area contributed by atoms with Gasteiger partial charge in [-0.05, 0) is 76.2 Å². The Bertz CT molecular complexity index is 3640. The zero-order valence-corrected chi connectivity index (χ0v) is 31.3. The number of hydrogen-bond donors (Lipinski definition) is 0. The van der Waals surface area contributed by atoms with E-state index in [-0.39, 0.29) is 5.63 Å². The van der Waals surface area contributed by atoms with Gasteiger partial charge in [-0.2, -0.15) is 9.97 Å². The third kappa shape index (κ3) is 5.29. The summed E-state index contributed by atoms with van der Waals surface area (Å²) in [5, 5.41) is 6.44. The maximum absolute atomic E-state index is 13.8. The lowest BCUT2D eigenvalue weighted by atomic mass is 9.96. The predicted octanol–water partition coefficient (Wildman–Crippen LogP) is 12.8. The second kappa shape index (κ2) is 12.9. The highest BCUT2D eigenvalue weighted by molar-refractivity contribution is 6.14. The number of rotatable bonds is 5. The number of aromatic nitrogens is 4. The van der Waals surface area contributed by atoms with Crippen LogP contribution in [0.3, 0.4) is 0 Å². The van der Waals surface area contributed by atoms with E-state index in [9.17, 15) is 4.79 Å². The zero-order chi connectivity index (χ0) is 39.0. The highest BCUT2D eigenvalue weighted by Gasteiger charge is 2.19. The summed E-state index contributed by atoms with van der Waals surface area (Å²) in [6, 6.07) is 60.9. The minimum atomic E-state index is -0.380. The number of furan rings is 1. The standard InChI is InChI=1S/C52H30N4O3/c57-51-42-29-33(22-25-37(42)39-26-23-35(30-47(39)59-51)36-18-11-21-46-48(36)40-17-8-10-20-45(40)58-46)34-24-27-44-41(28-34)38-16-7-9-19-43(38)56(44)52-54-49(31-12-3-1-4-13-31)53-50(55-52)32-14-5-2-6-15-32/h1-30H. The lowest BCUT2D eigenvalue weighted by molar-refractivity contribution is 0.570. The molecule has 59 heavy (non-hydrogen) atoms. The molecule has 0 saturated heterocycles. The van der Waals surface area contributed by atoms with E-state index in [1.165, 1.54) is 0 Å². The largest absolute Gasteiger partial charge is 0.456 e. The molecule has 12 rings (SSSR count). The Labute approximate surface area is 336 Å². The first-order valence-corrected chi connectivity index (χ1v) is 19.5. The van der Waals surface area contributed by atoms with Crippen LogP contribution in [-0.2, 0) is 0 Å². The number of benzene rings is 8. The molecule has 7 nitrogen and oxygen atoms in total. The Morgan fingerprint density at radius 3 is 1.76 bits per heavy atom. The van der Waals surface area contributed by atoms with Crippen LogP contribution in [0.2, 0.25) is 0 Å². The van der Waals surface area contributed by atoms with Gasteiger partial charge in [0.2, 0.25) is 5.95 Å². The summed E-state index contributed by atoms with van der Waals surface area (Å²) in [5.41, 5.74) is 9.43. The number of nitrogens with zero attached hydrogens (tertiary/aromatic N) is 4. The van der Waals surface area contributed by atoms with E-state index in [1.54, 1.807) is 0 Å². The van der Waals surface area contributed by atoms with E-state index < -0.39 is 0 Å². The van der Waals surface area contributed by atoms with Crippen molar-refractivity contribution in [3.05, 3.63) is 192 Å². The van der Waals surface area contributed by atoms with Crippen LogP contribution in [0.1, 0.15) is 0 Å². The maximum Gasteiger partial charge on any atom is 0.344 e. The third-order valence-corrected chi connectivity index (χ3v) is 11.3. The van der Waals surface area contributed by atoms with E-state index in [0.29, 0.717) is 28.6 Å². The summed E-state index contributed by atoms with van der Waals surface area (Å²) in [6.45, 7) is 0. The number of hydrogen-bond acceptors (Lipinski definition) is 6. The molecule has 276 valence electrons. The number of fused-ring (bicyclic) bond motifs is 9. The van der Waals surface area contributed by atoms with Gasteiger partial charge in [0.25, 0.3) is 0 Å². The third-order valence-electron chi connectivity index (χ3n) is 11.3. The molecular weight excluding hydrogens is 729 g/mol. The predicted molar refractivity (Wildman–Crippen MR) is 237 cm³/mol. The first kappa shape index (κ1) is 33.0. The van der Waals surface area contributed by atoms with E-state index in [4.69, 9.17) is 23.8 Å². The van der Waals surface area contributed by atoms with Crippen molar-refractivity contribution >= 4 is 65.5 Å². The second-order valence-electron chi connectivity index (χ2n) is 14.7. The molecule has 4 aromatic heterocycles. The van der Waals surface area contributed by atoms with Gasteiger partial charge in [-0.25, -0.2) is 9.78 Å². The van der Waals surface area contributed by atoms with E-state index in [1.807, 2.05) is 127 Å². The molecule has 0 aliphatic heterocycles. The quantitative estimate of drug-likeness (QED) is 0.128. The van der Waals surface area contributed by atoms with Gasteiger partial charge < -0.3 is 8.83 Å². The van der Waals surface area contributed by atoms with Crippen LogP contribution in [0.4, 0.5) is 0 Å². The molecule has 0 saturated carbocycles. The van der Waals surface area contributed by atoms with Gasteiger partial charge in [0.15, 0.2) is 11.6 Å². The second-order valence-corrected chi connectivity index (χ2v) is 14.7. The molecule has 0 aliphatic carbocycles. The molecular formula is C52H30N4O3. The average molecular weight is 759 g/mol. The molecule has 8 aromatic carbocycles. The maximum atomic E-state index is 13.8. The Hall–Kier alpha value is -8.16. The Morgan fingerprint density at radius 2 is 0.983 bits per heavy atom. The minimum absolute atomic E-state index is 0.380. The molecule has 0 radical (unpaired) electrons. The van der Waals surface area contributed by atoms with Crippen molar-refractivity contribution in [1.29, 1.82) is 0 Å².